The van der Waals surface area contributed by atoms with Crippen LogP contribution in [0.2, 0.25) is 0 Å². The second-order valence-corrected chi connectivity index (χ2v) is 5.40. The van der Waals surface area contributed by atoms with Crippen molar-refractivity contribution in [2.45, 2.75) is 58.3 Å². The molecular weight excluding hydrogens is 180 g/mol. The Balaban J connectivity index is 3.22. The highest BCUT2D eigenvalue weighted by Gasteiger charge is 2.62. The second-order valence-electron chi connectivity index (χ2n) is 5.40. The van der Waals surface area contributed by atoms with E-state index in [9.17, 15) is 5.21 Å². The molecule has 0 atom stereocenters. The highest BCUT2D eigenvalue weighted by Crippen LogP contribution is 2.47. The zero-order chi connectivity index (χ0) is 11.4. The van der Waals surface area contributed by atoms with Gasteiger partial charge in [-0.3, -0.25) is 4.84 Å². The third-order valence-corrected chi connectivity index (χ3v) is 3.73. The molecule has 0 saturated carbocycles. The molecule has 0 radical (unpaired) electrons. The molecule has 14 heavy (non-hydrogen) atoms. The van der Waals surface area contributed by atoms with Gasteiger partial charge in [0.2, 0.25) is 0 Å². The summed E-state index contributed by atoms with van der Waals surface area (Å²) in [5.74, 6) is 0. The van der Waals surface area contributed by atoms with Crippen molar-refractivity contribution in [3.8, 4) is 0 Å². The molecule has 0 amide bonds. The lowest BCUT2D eigenvalue weighted by Crippen LogP contribution is -2.53. The van der Waals surface area contributed by atoms with Crippen molar-refractivity contribution in [1.29, 1.82) is 0 Å². The van der Waals surface area contributed by atoms with Gasteiger partial charge < -0.3 is 5.21 Å². The van der Waals surface area contributed by atoms with E-state index in [2.05, 4.69) is 13.8 Å². The van der Waals surface area contributed by atoms with Gasteiger partial charge in [0, 0.05) is 0 Å². The van der Waals surface area contributed by atoms with E-state index in [1.807, 2.05) is 32.8 Å². The van der Waals surface area contributed by atoms with Gasteiger partial charge in [-0.2, -0.15) is 10.1 Å². The van der Waals surface area contributed by atoms with E-state index >= 15 is 0 Å². The average Bonchev–Trinajstić information content (AvgIpc) is 2.09. The van der Waals surface area contributed by atoms with Gasteiger partial charge in [-0.05, 0) is 41.5 Å². The summed E-state index contributed by atoms with van der Waals surface area (Å²) in [5, 5.41) is 13.3. The van der Waals surface area contributed by atoms with E-state index < -0.39 is 5.66 Å². The molecule has 1 N–H and O–H groups in total. The van der Waals surface area contributed by atoms with Gasteiger partial charge in [-0.1, -0.05) is 0 Å². The number of hydrogen-bond donors (Lipinski definition) is 1. The average molecular weight is 202 g/mol. The Hall–Kier alpha value is -0.160. The lowest BCUT2D eigenvalue weighted by Gasteiger charge is -2.39. The molecule has 1 heterocycles. The van der Waals surface area contributed by atoms with Crippen LogP contribution in [0.1, 0.15) is 41.5 Å². The molecule has 4 nitrogen and oxygen atoms in total. The molecule has 84 valence electrons. The van der Waals surface area contributed by atoms with Crippen LogP contribution in [-0.4, -0.2) is 39.2 Å². The van der Waals surface area contributed by atoms with Crippen molar-refractivity contribution in [2.24, 2.45) is 0 Å². The summed E-state index contributed by atoms with van der Waals surface area (Å²) in [6.07, 6.45) is 0. The Kier molecular flexibility index (Phi) is 2.48. The first-order valence-electron chi connectivity index (χ1n) is 4.94. The predicted molar refractivity (Wildman–Crippen MR) is 54.7 cm³/mol. The van der Waals surface area contributed by atoms with Gasteiger partial charge >= 0.3 is 0 Å². The van der Waals surface area contributed by atoms with Gasteiger partial charge in [-0.25, -0.2) is 0 Å². The standard InChI is InChI=1S/C10H22N2O2/c1-8(2)9(3,4)12(14-7)10(5,6)11(8)13/h13H,1-7H3. The lowest BCUT2D eigenvalue weighted by atomic mass is 9.84. The summed E-state index contributed by atoms with van der Waals surface area (Å²) in [6, 6.07) is 0. The molecule has 1 saturated heterocycles. The van der Waals surface area contributed by atoms with E-state index in [4.69, 9.17) is 4.84 Å². The van der Waals surface area contributed by atoms with Gasteiger partial charge in [-0.15, -0.1) is 0 Å². The molecule has 1 fully saturated rings. The molecule has 0 aromatic heterocycles. The van der Waals surface area contributed by atoms with Crippen LogP contribution in [0.4, 0.5) is 0 Å². The Bertz CT molecular complexity index is 236. The highest BCUT2D eigenvalue weighted by atomic mass is 16.7. The molecule has 1 aliphatic heterocycles. The molecule has 0 aliphatic carbocycles. The van der Waals surface area contributed by atoms with Crippen LogP contribution in [0.25, 0.3) is 0 Å². The topological polar surface area (TPSA) is 35.9 Å². The van der Waals surface area contributed by atoms with Crippen molar-refractivity contribution in [3.63, 3.8) is 0 Å². The smallest absolute Gasteiger partial charge is 0.116 e. The fourth-order valence-electron chi connectivity index (χ4n) is 2.41. The second kappa shape index (κ2) is 2.92. The van der Waals surface area contributed by atoms with Gasteiger partial charge in [0.25, 0.3) is 0 Å². The third-order valence-electron chi connectivity index (χ3n) is 3.73. The summed E-state index contributed by atoms with van der Waals surface area (Å²) in [4.78, 5) is 5.38. The van der Waals surface area contributed by atoms with Crippen molar-refractivity contribution >= 4 is 0 Å². The molecule has 4 heteroatoms. The van der Waals surface area contributed by atoms with E-state index in [0.717, 1.165) is 0 Å². The molecule has 0 spiro atoms. The van der Waals surface area contributed by atoms with Crippen molar-refractivity contribution in [1.82, 2.24) is 10.1 Å². The van der Waals surface area contributed by atoms with Crippen LogP contribution in [0.15, 0.2) is 0 Å². The van der Waals surface area contributed by atoms with Crippen LogP contribution in [0.3, 0.4) is 0 Å². The Morgan fingerprint density at radius 2 is 1.36 bits per heavy atom. The molecule has 0 aromatic rings. The highest BCUT2D eigenvalue weighted by molar-refractivity contribution is 5.09. The van der Waals surface area contributed by atoms with Gasteiger partial charge in [0.15, 0.2) is 0 Å². The maximum atomic E-state index is 10.1. The molecule has 0 unspecified atom stereocenters. The largest absolute Gasteiger partial charge is 0.312 e. The van der Waals surface area contributed by atoms with Crippen LogP contribution < -0.4 is 0 Å². The normalized spacial score (nSPS) is 30.9. The SMILES string of the molecule is CON1C(C)(C)N(O)C(C)(C)C1(C)C. The van der Waals surface area contributed by atoms with Crippen molar-refractivity contribution in [2.75, 3.05) is 7.11 Å². The van der Waals surface area contributed by atoms with E-state index in [1.54, 1.807) is 7.11 Å². The van der Waals surface area contributed by atoms with Crippen LogP contribution in [0, 0.1) is 0 Å². The first-order valence-corrected chi connectivity index (χ1v) is 4.94. The van der Waals surface area contributed by atoms with Crippen molar-refractivity contribution < 1.29 is 10.0 Å². The Morgan fingerprint density at radius 3 is 1.50 bits per heavy atom. The van der Waals surface area contributed by atoms with Crippen LogP contribution >= 0.6 is 0 Å². The van der Waals surface area contributed by atoms with E-state index in [0.29, 0.717) is 0 Å². The number of rotatable bonds is 1. The van der Waals surface area contributed by atoms with Crippen LogP contribution in [0.5, 0.6) is 0 Å². The maximum Gasteiger partial charge on any atom is 0.116 e. The maximum absolute atomic E-state index is 10.1. The first-order chi connectivity index (χ1) is 6.10. The quantitative estimate of drug-likeness (QED) is 0.704. The molecule has 0 aromatic carbocycles. The van der Waals surface area contributed by atoms with Crippen LogP contribution in [-0.2, 0) is 4.84 Å². The zero-order valence-corrected chi connectivity index (χ0v) is 10.2. The predicted octanol–water partition coefficient (Wildman–Crippen LogP) is 1.85. The van der Waals surface area contributed by atoms with E-state index in [1.165, 1.54) is 5.06 Å². The summed E-state index contributed by atoms with van der Waals surface area (Å²) in [6.45, 7) is 12.0. The minimum Gasteiger partial charge on any atom is -0.312 e. The summed E-state index contributed by atoms with van der Waals surface area (Å²) in [5.41, 5.74) is -1.12. The molecule has 1 rings (SSSR count). The fraction of sp³-hybridized carbons (Fsp3) is 1.00. The third kappa shape index (κ3) is 1.15. The van der Waals surface area contributed by atoms with Gasteiger partial charge in [0.1, 0.15) is 5.66 Å². The zero-order valence-electron chi connectivity index (χ0n) is 10.2. The summed E-state index contributed by atoms with van der Waals surface area (Å²) >= 11 is 0. The Labute approximate surface area is 86.4 Å². The Morgan fingerprint density at radius 1 is 0.929 bits per heavy atom. The van der Waals surface area contributed by atoms with Crippen molar-refractivity contribution in [3.05, 3.63) is 0 Å². The van der Waals surface area contributed by atoms with Gasteiger partial charge in [0.05, 0.1) is 18.2 Å². The summed E-state index contributed by atoms with van der Waals surface area (Å²) in [7, 11) is 1.64. The number of nitrogens with zero attached hydrogens (tertiary/aromatic N) is 2. The molecular formula is C10H22N2O2. The molecule has 1 aliphatic rings. The molecule has 0 bridgehead atoms. The number of hydrogen-bond acceptors (Lipinski definition) is 4. The minimum atomic E-state index is -0.512. The minimum absolute atomic E-state index is 0.250. The van der Waals surface area contributed by atoms with E-state index in [-0.39, 0.29) is 11.1 Å². The lowest BCUT2D eigenvalue weighted by molar-refractivity contribution is -0.277. The fourth-order valence-corrected chi connectivity index (χ4v) is 2.41. The summed E-state index contributed by atoms with van der Waals surface area (Å²) < 4.78 is 0. The first kappa shape index (κ1) is 11.9. The number of hydroxylamine groups is 4. The monoisotopic (exact) mass is 202 g/mol.